The number of alkyl halides is 2. The predicted molar refractivity (Wildman–Crippen MR) is 130 cm³/mol. The van der Waals surface area contributed by atoms with Crippen molar-refractivity contribution in [3.05, 3.63) is 53.3 Å². The number of hydrogen-bond donors (Lipinski definition) is 3. The molecule has 34 heavy (non-hydrogen) atoms. The summed E-state index contributed by atoms with van der Waals surface area (Å²) in [5.74, 6) is -0.0323. The van der Waals surface area contributed by atoms with Crippen LogP contribution in [0.1, 0.15) is 61.6 Å². The van der Waals surface area contributed by atoms with Gasteiger partial charge in [0, 0.05) is 42.1 Å². The molecule has 0 radical (unpaired) electrons. The Balaban J connectivity index is 0.000000340. The number of aromatic nitrogens is 1. The van der Waals surface area contributed by atoms with E-state index in [0.717, 1.165) is 13.2 Å². The highest BCUT2D eigenvalue weighted by Gasteiger charge is 2.28. The van der Waals surface area contributed by atoms with Gasteiger partial charge in [0.2, 0.25) is 0 Å². The maximum atomic E-state index is 12.3. The molecule has 3 rings (SSSR count). The molecule has 0 atom stereocenters. The average molecular weight is 477 g/mol. The van der Waals surface area contributed by atoms with Crippen LogP contribution in [0.15, 0.2) is 36.5 Å². The summed E-state index contributed by atoms with van der Waals surface area (Å²) in [6.07, 6.45) is 5.58. The van der Waals surface area contributed by atoms with Crippen molar-refractivity contribution in [2.24, 2.45) is 0 Å². The van der Waals surface area contributed by atoms with Crippen molar-refractivity contribution < 1.29 is 23.0 Å². The van der Waals surface area contributed by atoms with Crippen molar-refractivity contribution in [3.63, 3.8) is 0 Å². The number of carbonyl (C=O) groups is 1. The molecular formula is C25H34F2N4O3. The van der Waals surface area contributed by atoms with E-state index < -0.39 is 6.61 Å². The van der Waals surface area contributed by atoms with Gasteiger partial charge >= 0.3 is 6.61 Å². The van der Waals surface area contributed by atoms with Crippen LogP contribution in [0.5, 0.6) is 5.75 Å². The van der Waals surface area contributed by atoms with E-state index in [1.165, 1.54) is 43.7 Å². The van der Waals surface area contributed by atoms with Gasteiger partial charge in [-0.05, 0) is 58.4 Å². The number of nitrogens with one attached hydrogen (secondary N) is 3. The number of pyridine rings is 1. The summed E-state index contributed by atoms with van der Waals surface area (Å²) in [5, 5.41) is 14.8. The molecule has 2 aromatic rings. The Labute approximate surface area is 199 Å². The van der Waals surface area contributed by atoms with E-state index in [1.807, 2.05) is 13.8 Å². The SMILES string of the molecule is CC(C)Nc1cc(C=O)cnc1C(=N)c1cccc(OC(F)F)c1.CCC1(NC)CCOCC1. The molecule has 9 heteroatoms. The minimum atomic E-state index is -2.93. The quantitative estimate of drug-likeness (QED) is 0.352. The molecule has 0 unspecified atom stereocenters. The third-order valence-electron chi connectivity index (χ3n) is 5.73. The number of benzene rings is 1. The maximum absolute atomic E-state index is 12.3. The summed E-state index contributed by atoms with van der Waals surface area (Å²) in [7, 11) is 2.05. The number of aldehydes is 1. The van der Waals surface area contributed by atoms with E-state index in [2.05, 4.69) is 34.3 Å². The Kier molecular flexibility index (Phi) is 10.5. The van der Waals surface area contributed by atoms with Crippen molar-refractivity contribution in [1.29, 1.82) is 5.41 Å². The van der Waals surface area contributed by atoms with Gasteiger partial charge in [-0.1, -0.05) is 19.1 Å². The van der Waals surface area contributed by atoms with Gasteiger partial charge in [0.1, 0.15) is 11.4 Å². The van der Waals surface area contributed by atoms with Crippen LogP contribution in [0.3, 0.4) is 0 Å². The summed E-state index contributed by atoms with van der Waals surface area (Å²) in [6, 6.07) is 7.53. The van der Waals surface area contributed by atoms with E-state index in [4.69, 9.17) is 10.1 Å². The van der Waals surface area contributed by atoms with Gasteiger partial charge in [0.25, 0.3) is 0 Å². The molecule has 1 fully saturated rings. The van der Waals surface area contributed by atoms with Crippen molar-refractivity contribution >= 4 is 17.7 Å². The molecule has 0 bridgehead atoms. The first-order valence-corrected chi connectivity index (χ1v) is 11.4. The lowest BCUT2D eigenvalue weighted by Gasteiger charge is -2.36. The Bertz CT molecular complexity index is 942. The lowest BCUT2D eigenvalue weighted by Crippen LogP contribution is -2.46. The number of rotatable bonds is 9. The van der Waals surface area contributed by atoms with Crippen LogP contribution in [-0.4, -0.2) is 55.4 Å². The normalized spacial score (nSPS) is 14.8. The molecular weight excluding hydrogens is 442 g/mol. The van der Waals surface area contributed by atoms with Gasteiger partial charge in [0.05, 0.1) is 11.4 Å². The van der Waals surface area contributed by atoms with Gasteiger partial charge in [-0.3, -0.25) is 15.2 Å². The number of ether oxygens (including phenoxy) is 2. The predicted octanol–water partition coefficient (Wildman–Crippen LogP) is 4.90. The number of carbonyl (C=O) groups excluding carboxylic acids is 1. The van der Waals surface area contributed by atoms with Crippen LogP contribution in [-0.2, 0) is 4.74 Å². The van der Waals surface area contributed by atoms with Crippen molar-refractivity contribution in [2.75, 3.05) is 25.6 Å². The number of nitrogens with zero attached hydrogens (tertiary/aromatic N) is 1. The number of halogens is 2. The van der Waals surface area contributed by atoms with E-state index in [9.17, 15) is 13.6 Å². The third-order valence-corrected chi connectivity index (χ3v) is 5.73. The second-order valence-corrected chi connectivity index (χ2v) is 8.36. The average Bonchev–Trinajstić information content (AvgIpc) is 2.83. The minimum absolute atomic E-state index is 0.0323. The summed E-state index contributed by atoms with van der Waals surface area (Å²) in [6.45, 7) is 4.99. The van der Waals surface area contributed by atoms with Gasteiger partial charge < -0.3 is 20.1 Å². The van der Waals surface area contributed by atoms with E-state index >= 15 is 0 Å². The van der Waals surface area contributed by atoms with Gasteiger partial charge in [-0.15, -0.1) is 0 Å². The van der Waals surface area contributed by atoms with Gasteiger partial charge in [0.15, 0.2) is 6.29 Å². The molecule has 1 saturated heterocycles. The first-order chi connectivity index (χ1) is 16.2. The smallest absolute Gasteiger partial charge is 0.387 e. The lowest BCUT2D eigenvalue weighted by molar-refractivity contribution is -0.0498. The molecule has 0 spiro atoms. The topological polar surface area (TPSA) is 96.3 Å². The van der Waals surface area contributed by atoms with Crippen LogP contribution in [0, 0.1) is 5.41 Å². The second-order valence-electron chi connectivity index (χ2n) is 8.36. The molecule has 0 saturated carbocycles. The van der Waals surface area contributed by atoms with Gasteiger partial charge in [-0.2, -0.15) is 8.78 Å². The molecule has 1 aliphatic heterocycles. The molecule has 3 N–H and O–H groups in total. The van der Waals surface area contributed by atoms with Crippen LogP contribution in [0.2, 0.25) is 0 Å². The van der Waals surface area contributed by atoms with E-state index in [-0.39, 0.29) is 17.5 Å². The molecule has 1 aromatic heterocycles. The zero-order chi connectivity index (χ0) is 25.1. The van der Waals surface area contributed by atoms with Crippen molar-refractivity contribution in [1.82, 2.24) is 10.3 Å². The molecule has 0 amide bonds. The minimum Gasteiger partial charge on any atom is -0.435 e. The highest BCUT2D eigenvalue weighted by molar-refractivity contribution is 6.13. The monoisotopic (exact) mass is 476 g/mol. The second kappa shape index (κ2) is 13.1. The third kappa shape index (κ3) is 7.85. The fourth-order valence-electron chi connectivity index (χ4n) is 3.67. The molecule has 0 aliphatic carbocycles. The summed E-state index contributed by atoms with van der Waals surface area (Å²) >= 11 is 0. The first-order valence-electron chi connectivity index (χ1n) is 11.4. The maximum Gasteiger partial charge on any atom is 0.387 e. The zero-order valence-corrected chi connectivity index (χ0v) is 20.2. The fraction of sp³-hybridized carbons (Fsp3) is 0.480. The first kappa shape index (κ1) is 27.3. The molecule has 2 heterocycles. The summed E-state index contributed by atoms with van der Waals surface area (Å²) < 4.78 is 34.3. The van der Waals surface area contributed by atoms with E-state index in [1.54, 1.807) is 12.1 Å². The Morgan fingerprint density at radius 3 is 2.53 bits per heavy atom. The number of hydrogen-bond acceptors (Lipinski definition) is 7. The molecule has 7 nitrogen and oxygen atoms in total. The fourth-order valence-corrected chi connectivity index (χ4v) is 3.67. The van der Waals surface area contributed by atoms with Gasteiger partial charge in [-0.25, -0.2) is 0 Å². The Morgan fingerprint density at radius 1 is 1.29 bits per heavy atom. The largest absolute Gasteiger partial charge is 0.435 e. The zero-order valence-electron chi connectivity index (χ0n) is 20.2. The van der Waals surface area contributed by atoms with Crippen molar-refractivity contribution in [3.8, 4) is 5.75 Å². The van der Waals surface area contributed by atoms with Crippen LogP contribution in [0.4, 0.5) is 14.5 Å². The molecule has 1 aromatic carbocycles. The van der Waals surface area contributed by atoms with Crippen LogP contribution in [0.25, 0.3) is 0 Å². The van der Waals surface area contributed by atoms with E-state index in [0.29, 0.717) is 34.3 Å². The molecule has 186 valence electrons. The van der Waals surface area contributed by atoms with Crippen LogP contribution < -0.4 is 15.4 Å². The molecule has 1 aliphatic rings. The highest BCUT2D eigenvalue weighted by Crippen LogP contribution is 2.24. The standard InChI is InChI=1S/C17H17F2N3O2.C8H17NO/c1-10(2)22-14-6-11(9-23)8-21-16(14)15(20)12-4-3-5-13(7-12)24-17(18)19;1-3-8(9-2)4-6-10-7-5-8/h3-10,17,20,22H,1-2H3;9H,3-7H2,1-2H3. The lowest BCUT2D eigenvalue weighted by atomic mass is 9.88. The summed E-state index contributed by atoms with van der Waals surface area (Å²) in [4.78, 5) is 15.1. The van der Waals surface area contributed by atoms with Crippen molar-refractivity contribution in [2.45, 2.75) is 58.2 Å². The van der Waals surface area contributed by atoms with Crippen LogP contribution >= 0.6 is 0 Å². The Morgan fingerprint density at radius 2 is 2.00 bits per heavy atom. The Hall–Kier alpha value is -2.91. The number of anilines is 1. The highest BCUT2D eigenvalue weighted by atomic mass is 19.3. The summed E-state index contributed by atoms with van der Waals surface area (Å²) in [5.41, 5.74) is 2.03.